The minimum atomic E-state index is -3.35. The van der Waals surface area contributed by atoms with E-state index in [9.17, 15) is 8.42 Å². The van der Waals surface area contributed by atoms with Gasteiger partial charge >= 0.3 is 0 Å². The van der Waals surface area contributed by atoms with E-state index in [1.165, 1.54) is 11.3 Å². The Hall–Kier alpha value is -0.0800. The minimum absolute atomic E-state index is 0.390. The number of hydrogen-bond acceptors (Lipinski definition) is 5. The molecule has 7 heteroatoms. The lowest BCUT2D eigenvalue weighted by molar-refractivity contribution is 0.586. The second kappa shape index (κ2) is 7.64. The van der Waals surface area contributed by atoms with Crippen molar-refractivity contribution in [1.82, 2.24) is 10.0 Å². The van der Waals surface area contributed by atoms with E-state index in [4.69, 9.17) is 0 Å². The Morgan fingerprint density at radius 2 is 2.11 bits per heavy atom. The number of aryl methyl sites for hydroxylation is 1. The van der Waals surface area contributed by atoms with Gasteiger partial charge in [-0.15, -0.1) is 11.3 Å². The summed E-state index contributed by atoms with van der Waals surface area (Å²) in [6, 6.07) is 2.14. The van der Waals surface area contributed by atoms with Crippen molar-refractivity contribution < 1.29 is 8.42 Å². The average Bonchev–Trinajstić information content (AvgIpc) is 2.69. The second-order valence-corrected chi connectivity index (χ2v) is 8.71. The summed E-state index contributed by atoms with van der Waals surface area (Å²) in [5, 5.41) is 3.31. The van der Waals surface area contributed by atoms with Gasteiger partial charge in [0.1, 0.15) is 4.21 Å². The Labute approximate surface area is 124 Å². The molecule has 0 aromatic carbocycles. The molecule has 0 amide bonds. The smallest absolute Gasteiger partial charge is 0.250 e. The van der Waals surface area contributed by atoms with Crippen molar-refractivity contribution in [2.75, 3.05) is 18.6 Å². The lowest BCUT2D eigenvalue weighted by Crippen LogP contribution is -2.25. The van der Waals surface area contributed by atoms with Crippen molar-refractivity contribution in [3.8, 4) is 0 Å². The van der Waals surface area contributed by atoms with Crippen LogP contribution in [0, 0.1) is 6.92 Å². The maximum atomic E-state index is 12.1. The predicted molar refractivity (Wildman–Crippen MR) is 84.6 cm³/mol. The molecule has 0 spiro atoms. The van der Waals surface area contributed by atoms with Gasteiger partial charge < -0.3 is 5.32 Å². The molecule has 1 rings (SSSR count). The third-order valence-corrected chi connectivity index (χ3v) is 6.32. The number of thioether (sulfide) groups is 1. The monoisotopic (exact) mass is 322 g/mol. The second-order valence-electron chi connectivity index (χ2n) is 4.60. The summed E-state index contributed by atoms with van der Waals surface area (Å²) in [4.78, 5) is 1.08. The van der Waals surface area contributed by atoms with Crippen molar-refractivity contribution in [3.63, 3.8) is 0 Å². The van der Waals surface area contributed by atoms with E-state index in [0.717, 1.165) is 16.2 Å². The van der Waals surface area contributed by atoms with Gasteiger partial charge in [0.25, 0.3) is 0 Å². The van der Waals surface area contributed by atoms with Crippen LogP contribution in [-0.2, 0) is 16.6 Å². The topological polar surface area (TPSA) is 58.2 Å². The molecule has 0 saturated heterocycles. The van der Waals surface area contributed by atoms with Crippen LogP contribution in [0.15, 0.2) is 10.3 Å². The Bertz CT molecular complexity index is 495. The molecule has 0 aliphatic carbocycles. The van der Waals surface area contributed by atoms with E-state index < -0.39 is 10.0 Å². The Balaban J connectivity index is 2.76. The largest absolute Gasteiger partial charge is 0.310 e. The zero-order valence-electron chi connectivity index (χ0n) is 11.8. The van der Waals surface area contributed by atoms with E-state index in [1.54, 1.807) is 17.8 Å². The molecule has 0 saturated carbocycles. The molecule has 1 heterocycles. The van der Waals surface area contributed by atoms with Crippen LogP contribution in [0.5, 0.6) is 0 Å². The Morgan fingerprint density at radius 3 is 2.68 bits per heavy atom. The highest BCUT2D eigenvalue weighted by molar-refractivity contribution is 7.98. The Morgan fingerprint density at radius 1 is 1.42 bits per heavy atom. The summed E-state index contributed by atoms with van der Waals surface area (Å²) in [6.07, 6.45) is 1.96. The van der Waals surface area contributed by atoms with E-state index in [0.29, 0.717) is 23.3 Å². The number of nitrogens with one attached hydrogen (secondary N) is 2. The van der Waals surface area contributed by atoms with E-state index >= 15 is 0 Å². The maximum absolute atomic E-state index is 12.1. The van der Waals surface area contributed by atoms with Gasteiger partial charge in [0.05, 0.1) is 0 Å². The van der Waals surface area contributed by atoms with Crippen LogP contribution < -0.4 is 10.0 Å². The predicted octanol–water partition coefficient (Wildman–Crippen LogP) is 2.20. The zero-order valence-corrected chi connectivity index (χ0v) is 14.3. The van der Waals surface area contributed by atoms with Crippen LogP contribution in [0.3, 0.4) is 0 Å². The first-order valence-corrected chi connectivity index (χ1v) is 9.87. The molecule has 1 aromatic heterocycles. The molecule has 2 N–H and O–H groups in total. The molecule has 0 radical (unpaired) electrons. The van der Waals surface area contributed by atoms with Crippen molar-refractivity contribution >= 4 is 33.1 Å². The normalized spacial score (nSPS) is 12.3. The fraction of sp³-hybridized carbons (Fsp3) is 0.667. The molecule has 0 unspecified atom stereocenters. The standard InChI is InChI=1S/C12H22N2O2S3/c1-9(2)13-8-11-10(3)7-12(18-11)19(15,16)14-5-6-17-4/h7,9,13-14H,5-6,8H2,1-4H3. The third kappa shape index (κ3) is 5.43. The molecule has 4 nitrogen and oxygen atoms in total. The number of rotatable bonds is 8. The first kappa shape index (κ1) is 17.0. The van der Waals surface area contributed by atoms with E-state index in [-0.39, 0.29) is 0 Å². The van der Waals surface area contributed by atoms with Gasteiger partial charge in [0.2, 0.25) is 10.0 Å². The average molecular weight is 323 g/mol. The summed E-state index contributed by atoms with van der Waals surface area (Å²) in [5.74, 6) is 0.783. The van der Waals surface area contributed by atoms with E-state index in [1.807, 2.05) is 13.2 Å². The van der Waals surface area contributed by atoms with E-state index in [2.05, 4.69) is 23.9 Å². The van der Waals surface area contributed by atoms with Crippen molar-refractivity contribution in [1.29, 1.82) is 0 Å². The van der Waals surface area contributed by atoms with Gasteiger partial charge in [0.15, 0.2) is 0 Å². The van der Waals surface area contributed by atoms with Crippen LogP contribution in [0.4, 0.5) is 0 Å². The number of thiophene rings is 1. The molecule has 0 bridgehead atoms. The highest BCUT2D eigenvalue weighted by Crippen LogP contribution is 2.25. The van der Waals surface area contributed by atoms with Gasteiger partial charge in [0, 0.05) is 29.8 Å². The zero-order chi connectivity index (χ0) is 14.5. The molecule has 19 heavy (non-hydrogen) atoms. The highest BCUT2D eigenvalue weighted by atomic mass is 32.2. The fourth-order valence-corrected chi connectivity index (χ4v) is 4.49. The molecule has 110 valence electrons. The van der Waals surface area contributed by atoms with Crippen LogP contribution in [0.1, 0.15) is 24.3 Å². The van der Waals surface area contributed by atoms with Gasteiger partial charge in [-0.25, -0.2) is 13.1 Å². The summed E-state index contributed by atoms with van der Waals surface area (Å²) in [6.45, 7) is 7.29. The minimum Gasteiger partial charge on any atom is -0.310 e. The van der Waals surface area contributed by atoms with Crippen molar-refractivity contribution in [2.24, 2.45) is 0 Å². The first-order valence-electron chi connectivity index (χ1n) is 6.18. The summed E-state index contributed by atoms with van der Waals surface area (Å²) >= 11 is 2.97. The molecule has 0 aliphatic heterocycles. The third-order valence-electron chi connectivity index (χ3n) is 2.53. The Kier molecular flexibility index (Phi) is 6.82. The van der Waals surface area contributed by atoms with Gasteiger partial charge in [-0.2, -0.15) is 11.8 Å². The lowest BCUT2D eigenvalue weighted by Gasteiger charge is -2.06. The first-order chi connectivity index (χ1) is 8.86. The number of hydrogen-bond donors (Lipinski definition) is 2. The lowest BCUT2D eigenvalue weighted by atomic mass is 10.3. The molecule has 1 aromatic rings. The van der Waals surface area contributed by atoms with Gasteiger partial charge in [-0.3, -0.25) is 0 Å². The molecular formula is C12H22N2O2S3. The fourth-order valence-electron chi connectivity index (χ4n) is 1.44. The summed E-state index contributed by atoms with van der Waals surface area (Å²) in [5.41, 5.74) is 1.03. The molecule has 0 aliphatic rings. The SMILES string of the molecule is CSCCNS(=O)(=O)c1cc(C)c(CNC(C)C)s1. The molecule has 0 fully saturated rings. The number of sulfonamides is 1. The quantitative estimate of drug-likeness (QED) is 0.720. The highest BCUT2D eigenvalue weighted by Gasteiger charge is 2.18. The summed E-state index contributed by atoms with van der Waals surface area (Å²) in [7, 11) is -3.35. The summed E-state index contributed by atoms with van der Waals surface area (Å²) < 4.78 is 27.2. The van der Waals surface area contributed by atoms with Crippen LogP contribution in [0.25, 0.3) is 0 Å². The molecular weight excluding hydrogens is 300 g/mol. The van der Waals surface area contributed by atoms with Gasteiger partial charge in [-0.05, 0) is 24.8 Å². The van der Waals surface area contributed by atoms with Gasteiger partial charge in [-0.1, -0.05) is 13.8 Å². The molecule has 0 atom stereocenters. The van der Waals surface area contributed by atoms with Crippen molar-refractivity contribution in [2.45, 2.75) is 37.6 Å². The van der Waals surface area contributed by atoms with Crippen LogP contribution >= 0.6 is 23.1 Å². The van der Waals surface area contributed by atoms with Crippen LogP contribution in [0.2, 0.25) is 0 Å². The van der Waals surface area contributed by atoms with Crippen molar-refractivity contribution in [3.05, 3.63) is 16.5 Å². The maximum Gasteiger partial charge on any atom is 0.250 e. The van der Waals surface area contributed by atoms with Crippen LogP contribution in [-0.4, -0.2) is 33.0 Å².